The monoisotopic (exact) mass is 342 g/mol. The molecule has 1 heteroatoms. The van der Waals surface area contributed by atoms with Crippen molar-refractivity contribution in [2.45, 2.75) is 12.8 Å². The minimum absolute atomic E-state index is 0.727. The van der Waals surface area contributed by atoms with Crippen molar-refractivity contribution >= 4 is 11.6 Å². The molecule has 0 unspecified atom stereocenters. The molecule has 0 aliphatic heterocycles. The van der Waals surface area contributed by atoms with Gasteiger partial charge in [-0.25, -0.2) is 0 Å². The Bertz CT molecular complexity index is 890. The van der Waals surface area contributed by atoms with Crippen molar-refractivity contribution in [1.29, 1.82) is 0 Å². The van der Waals surface area contributed by atoms with Gasteiger partial charge in [0.15, 0.2) is 0 Å². The minimum atomic E-state index is 0.727. The van der Waals surface area contributed by atoms with Crippen LogP contribution in [0, 0.1) is 11.8 Å². The Morgan fingerprint density at radius 2 is 1.20 bits per heavy atom. The average Bonchev–Trinajstić information content (AvgIpc) is 2.67. The van der Waals surface area contributed by atoms with Gasteiger partial charge in [-0.3, -0.25) is 0 Å². The smallest absolute Gasteiger partial charge is 0.0406 e. The lowest BCUT2D eigenvalue weighted by atomic mass is 10.0. The first kappa shape index (κ1) is 17.1. The van der Waals surface area contributed by atoms with Gasteiger partial charge in [-0.15, -0.1) is 6.58 Å². The van der Waals surface area contributed by atoms with Gasteiger partial charge < -0.3 is 0 Å². The number of hydrogen-bond donors (Lipinski definition) is 0. The molecule has 3 aromatic carbocycles. The number of aryl methyl sites for hydroxylation is 1. The molecule has 25 heavy (non-hydrogen) atoms. The van der Waals surface area contributed by atoms with Crippen LogP contribution in [0.3, 0.4) is 0 Å². The lowest BCUT2D eigenvalue weighted by molar-refractivity contribution is 1.00. The van der Waals surface area contributed by atoms with Crippen LogP contribution in [-0.4, -0.2) is 0 Å². The zero-order chi connectivity index (χ0) is 17.5. The van der Waals surface area contributed by atoms with E-state index in [0.29, 0.717) is 0 Å². The molecule has 0 spiro atoms. The van der Waals surface area contributed by atoms with Crippen LogP contribution in [0.15, 0.2) is 85.5 Å². The third kappa shape index (κ3) is 4.86. The van der Waals surface area contributed by atoms with Crippen LogP contribution in [0.25, 0.3) is 11.1 Å². The summed E-state index contributed by atoms with van der Waals surface area (Å²) in [6, 6.07) is 24.6. The van der Waals surface area contributed by atoms with E-state index in [0.717, 1.165) is 29.0 Å². The predicted molar refractivity (Wildman–Crippen MR) is 108 cm³/mol. The number of rotatable bonds is 4. The zero-order valence-corrected chi connectivity index (χ0v) is 14.8. The molecule has 0 aliphatic rings. The van der Waals surface area contributed by atoms with E-state index in [-0.39, 0.29) is 0 Å². The van der Waals surface area contributed by atoms with Gasteiger partial charge in [-0.2, -0.15) is 0 Å². The topological polar surface area (TPSA) is 0 Å². The molecule has 0 aromatic heterocycles. The van der Waals surface area contributed by atoms with Crippen LogP contribution in [0.1, 0.15) is 23.1 Å². The Morgan fingerprint density at radius 1 is 0.720 bits per heavy atom. The standard InChI is InChI=1S/C24H19Cl/c1-2-3-4-19-7-13-22(14-8-19)23-15-9-20(10-16-23)5-6-21-11-17-24(25)18-12-21/h2,7-18H,1,3-4H2. The van der Waals surface area contributed by atoms with Crippen molar-refractivity contribution in [3.05, 3.63) is 107 Å². The molecule has 0 heterocycles. The van der Waals surface area contributed by atoms with E-state index in [1.807, 2.05) is 30.3 Å². The second-order valence-electron chi connectivity index (χ2n) is 5.86. The van der Waals surface area contributed by atoms with Gasteiger partial charge >= 0.3 is 0 Å². The molecule has 0 fully saturated rings. The fourth-order valence-corrected chi connectivity index (χ4v) is 2.68. The third-order valence-electron chi connectivity index (χ3n) is 4.00. The third-order valence-corrected chi connectivity index (χ3v) is 4.26. The molecule has 0 saturated carbocycles. The minimum Gasteiger partial charge on any atom is -0.103 e. The van der Waals surface area contributed by atoms with E-state index in [9.17, 15) is 0 Å². The summed E-state index contributed by atoms with van der Waals surface area (Å²) in [6.45, 7) is 3.77. The van der Waals surface area contributed by atoms with Crippen molar-refractivity contribution in [2.24, 2.45) is 0 Å². The maximum Gasteiger partial charge on any atom is 0.0406 e. The molecule has 3 aromatic rings. The molecule has 0 atom stereocenters. The van der Waals surface area contributed by atoms with E-state index < -0.39 is 0 Å². The van der Waals surface area contributed by atoms with E-state index >= 15 is 0 Å². The Kier molecular flexibility index (Phi) is 5.73. The van der Waals surface area contributed by atoms with Crippen LogP contribution in [0.2, 0.25) is 5.02 Å². The molecule has 3 rings (SSSR count). The molecule has 0 N–H and O–H groups in total. The number of benzene rings is 3. The average molecular weight is 343 g/mol. The molecule has 0 aliphatic carbocycles. The van der Waals surface area contributed by atoms with Gasteiger partial charge in [0.25, 0.3) is 0 Å². The van der Waals surface area contributed by atoms with Gasteiger partial charge in [0.2, 0.25) is 0 Å². The van der Waals surface area contributed by atoms with Crippen LogP contribution >= 0.6 is 11.6 Å². The van der Waals surface area contributed by atoms with Crippen molar-refractivity contribution in [3.63, 3.8) is 0 Å². The molecular formula is C24H19Cl. The summed E-state index contributed by atoms with van der Waals surface area (Å²) in [5, 5.41) is 0.727. The van der Waals surface area contributed by atoms with E-state index in [1.54, 1.807) is 0 Å². The Balaban J connectivity index is 1.72. The lowest BCUT2D eigenvalue weighted by Gasteiger charge is -2.04. The highest BCUT2D eigenvalue weighted by Crippen LogP contribution is 2.21. The highest BCUT2D eigenvalue weighted by atomic mass is 35.5. The predicted octanol–water partition coefficient (Wildman–Crippen LogP) is 6.53. The first-order chi connectivity index (χ1) is 12.2. The summed E-state index contributed by atoms with van der Waals surface area (Å²) in [5.74, 6) is 6.35. The second kappa shape index (κ2) is 8.38. The number of allylic oxidation sites excluding steroid dienone is 1. The largest absolute Gasteiger partial charge is 0.103 e. The maximum absolute atomic E-state index is 5.89. The van der Waals surface area contributed by atoms with E-state index in [2.05, 4.69) is 67.0 Å². The molecule has 0 radical (unpaired) electrons. The molecule has 122 valence electrons. The fraction of sp³-hybridized carbons (Fsp3) is 0.0833. The summed E-state index contributed by atoms with van der Waals surface area (Å²) in [4.78, 5) is 0. The molecule has 0 amide bonds. The van der Waals surface area contributed by atoms with Crippen LogP contribution < -0.4 is 0 Å². The Hall–Kier alpha value is -2.75. The van der Waals surface area contributed by atoms with Crippen molar-refractivity contribution in [3.8, 4) is 23.0 Å². The molecule has 0 bridgehead atoms. The first-order valence-corrected chi connectivity index (χ1v) is 8.70. The summed E-state index contributed by atoms with van der Waals surface area (Å²) in [5.41, 5.74) is 5.73. The number of halogens is 1. The quantitative estimate of drug-likeness (QED) is 0.373. The SMILES string of the molecule is C=CCCc1ccc(-c2ccc(C#Cc3ccc(Cl)cc3)cc2)cc1. The van der Waals surface area contributed by atoms with E-state index in [4.69, 9.17) is 11.6 Å². The highest BCUT2D eigenvalue weighted by Gasteiger charge is 1.98. The van der Waals surface area contributed by atoms with Gasteiger partial charge in [0, 0.05) is 16.1 Å². The second-order valence-corrected chi connectivity index (χ2v) is 6.29. The van der Waals surface area contributed by atoms with Gasteiger partial charge in [-0.05, 0) is 65.9 Å². The fourth-order valence-electron chi connectivity index (χ4n) is 2.56. The van der Waals surface area contributed by atoms with Crippen LogP contribution in [-0.2, 0) is 6.42 Å². The van der Waals surface area contributed by atoms with E-state index in [1.165, 1.54) is 16.7 Å². The summed E-state index contributed by atoms with van der Waals surface area (Å²) < 4.78 is 0. The van der Waals surface area contributed by atoms with Crippen molar-refractivity contribution < 1.29 is 0 Å². The summed E-state index contributed by atoms with van der Waals surface area (Å²) in [6.07, 6.45) is 4.01. The first-order valence-electron chi connectivity index (χ1n) is 8.32. The van der Waals surface area contributed by atoms with Gasteiger partial charge in [0.05, 0.1) is 0 Å². The van der Waals surface area contributed by atoms with Crippen molar-refractivity contribution in [1.82, 2.24) is 0 Å². The molecule has 0 saturated heterocycles. The number of hydrogen-bond acceptors (Lipinski definition) is 0. The highest BCUT2D eigenvalue weighted by molar-refractivity contribution is 6.30. The summed E-state index contributed by atoms with van der Waals surface area (Å²) >= 11 is 5.89. The Morgan fingerprint density at radius 3 is 1.72 bits per heavy atom. The van der Waals surface area contributed by atoms with Crippen LogP contribution in [0.5, 0.6) is 0 Å². The van der Waals surface area contributed by atoms with Gasteiger partial charge in [-0.1, -0.05) is 65.9 Å². The van der Waals surface area contributed by atoms with Gasteiger partial charge in [0.1, 0.15) is 0 Å². The summed E-state index contributed by atoms with van der Waals surface area (Å²) in [7, 11) is 0. The van der Waals surface area contributed by atoms with Crippen molar-refractivity contribution in [2.75, 3.05) is 0 Å². The molecular weight excluding hydrogens is 324 g/mol. The zero-order valence-electron chi connectivity index (χ0n) is 14.0. The lowest BCUT2D eigenvalue weighted by Crippen LogP contribution is -1.84. The Labute approximate surface area is 154 Å². The molecule has 0 nitrogen and oxygen atoms in total. The normalized spacial score (nSPS) is 9.96. The van der Waals surface area contributed by atoms with Crippen LogP contribution in [0.4, 0.5) is 0 Å². The maximum atomic E-state index is 5.89.